The molecule has 0 aliphatic carbocycles. The minimum absolute atomic E-state index is 0.110. The van der Waals surface area contributed by atoms with E-state index in [2.05, 4.69) is 16.0 Å². The van der Waals surface area contributed by atoms with Gasteiger partial charge in [-0.2, -0.15) is 0 Å². The number of hydrogen-bond donors (Lipinski definition) is 2. The average molecular weight is 232 g/mol. The van der Waals surface area contributed by atoms with Gasteiger partial charge in [0, 0.05) is 6.04 Å². The Morgan fingerprint density at radius 2 is 1.93 bits per heavy atom. The van der Waals surface area contributed by atoms with E-state index in [1.807, 2.05) is 13.8 Å². The van der Waals surface area contributed by atoms with E-state index >= 15 is 0 Å². The van der Waals surface area contributed by atoms with Crippen LogP contribution in [0, 0.1) is 12.3 Å². The molecule has 0 saturated carbocycles. The third kappa shape index (κ3) is 8.43. The normalized spacial score (nSPS) is 13.8. The third-order valence-corrected chi connectivity index (χ3v) is 3.29. The Balaban J connectivity index is 3.81. The molecule has 1 atom stereocenters. The van der Waals surface area contributed by atoms with Gasteiger partial charge in [-0.05, 0) is 19.9 Å². The van der Waals surface area contributed by atoms with E-state index in [0.29, 0.717) is 19.0 Å². The van der Waals surface area contributed by atoms with Gasteiger partial charge in [0.15, 0.2) is 0 Å². The predicted molar refractivity (Wildman–Crippen MR) is 63.0 cm³/mol. The van der Waals surface area contributed by atoms with Crippen LogP contribution < -0.4 is 10.0 Å². The van der Waals surface area contributed by atoms with E-state index in [0.717, 1.165) is 0 Å². The van der Waals surface area contributed by atoms with Crippen molar-refractivity contribution in [3.05, 3.63) is 0 Å². The average Bonchev–Trinajstić information content (AvgIpc) is 2.11. The summed E-state index contributed by atoms with van der Waals surface area (Å²) in [6.45, 7) is 6.38. The zero-order chi connectivity index (χ0) is 11.9. The molecule has 0 bridgehead atoms. The van der Waals surface area contributed by atoms with Crippen molar-refractivity contribution in [2.24, 2.45) is 0 Å². The molecule has 88 valence electrons. The van der Waals surface area contributed by atoms with Crippen LogP contribution in [0.5, 0.6) is 0 Å². The van der Waals surface area contributed by atoms with Crippen molar-refractivity contribution < 1.29 is 8.42 Å². The second-order valence-electron chi connectivity index (χ2n) is 3.79. The number of terminal acetylenes is 1. The standard InChI is InChI=1S/C10H20N2O2S/c1-5-10(4)12-15(13,14)8-6-7-11-9(2)3/h1,9-12H,6-8H2,2-4H3. The van der Waals surface area contributed by atoms with Crippen LogP contribution in [0.1, 0.15) is 27.2 Å². The predicted octanol–water partition coefficient (Wildman–Crippen LogP) is 0.316. The summed E-state index contributed by atoms with van der Waals surface area (Å²) >= 11 is 0. The summed E-state index contributed by atoms with van der Waals surface area (Å²) in [4.78, 5) is 0. The van der Waals surface area contributed by atoms with Crippen molar-refractivity contribution in [1.29, 1.82) is 0 Å². The van der Waals surface area contributed by atoms with Crippen LogP contribution in [0.3, 0.4) is 0 Å². The zero-order valence-electron chi connectivity index (χ0n) is 9.58. The lowest BCUT2D eigenvalue weighted by molar-refractivity contribution is 0.558. The Kier molecular flexibility index (Phi) is 6.57. The number of hydrogen-bond acceptors (Lipinski definition) is 3. The Bertz CT molecular complexity index is 304. The molecule has 0 saturated heterocycles. The van der Waals surface area contributed by atoms with E-state index in [-0.39, 0.29) is 5.75 Å². The van der Waals surface area contributed by atoms with Crippen LogP contribution in [-0.2, 0) is 10.0 Å². The van der Waals surface area contributed by atoms with Crippen molar-refractivity contribution in [3.8, 4) is 12.3 Å². The van der Waals surface area contributed by atoms with Gasteiger partial charge in [0.1, 0.15) is 0 Å². The van der Waals surface area contributed by atoms with E-state index in [4.69, 9.17) is 6.42 Å². The SMILES string of the molecule is C#CC(C)NS(=O)(=O)CCCNC(C)C. The minimum Gasteiger partial charge on any atom is -0.314 e. The maximum absolute atomic E-state index is 11.4. The highest BCUT2D eigenvalue weighted by molar-refractivity contribution is 7.89. The largest absolute Gasteiger partial charge is 0.314 e. The van der Waals surface area contributed by atoms with Gasteiger partial charge < -0.3 is 5.32 Å². The number of nitrogens with one attached hydrogen (secondary N) is 2. The van der Waals surface area contributed by atoms with E-state index in [9.17, 15) is 8.42 Å². The fraction of sp³-hybridized carbons (Fsp3) is 0.800. The highest BCUT2D eigenvalue weighted by Gasteiger charge is 2.11. The lowest BCUT2D eigenvalue weighted by atomic mass is 10.4. The molecule has 0 aliphatic rings. The van der Waals surface area contributed by atoms with Gasteiger partial charge in [0.2, 0.25) is 10.0 Å². The summed E-state index contributed by atoms with van der Waals surface area (Å²) in [5, 5.41) is 3.15. The molecular weight excluding hydrogens is 212 g/mol. The van der Waals surface area contributed by atoms with E-state index in [1.165, 1.54) is 0 Å². The molecule has 0 aromatic carbocycles. The van der Waals surface area contributed by atoms with Crippen LogP contribution in [0.4, 0.5) is 0 Å². The van der Waals surface area contributed by atoms with Gasteiger partial charge in [-0.3, -0.25) is 0 Å². The first-order valence-electron chi connectivity index (χ1n) is 5.07. The van der Waals surface area contributed by atoms with Gasteiger partial charge >= 0.3 is 0 Å². The Labute approximate surface area is 92.9 Å². The molecule has 0 spiro atoms. The number of sulfonamides is 1. The molecule has 0 aromatic heterocycles. The molecule has 1 unspecified atom stereocenters. The molecular formula is C10H20N2O2S. The van der Waals surface area contributed by atoms with Gasteiger partial charge in [-0.1, -0.05) is 19.8 Å². The van der Waals surface area contributed by atoms with Gasteiger partial charge in [0.25, 0.3) is 0 Å². The topological polar surface area (TPSA) is 58.2 Å². The summed E-state index contributed by atoms with van der Waals surface area (Å²) in [6.07, 6.45) is 5.67. The van der Waals surface area contributed by atoms with Gasteiger partial charge in [-0.15, -0.1) is 6.42 Å². The Morgan fingerprint density at radius 1 is 1.33 bits per heavy atom. The van der Waals surface area contributed by atoms with Crippen LogP contribution in [0.2, 0.25) is 0 Å². The second-order valence-corrected chi connectivity index (χ2v) is 5.66. The van der Waals surface area contributed by atoms with Crippen LogP contribution in [0.25, 0.3) is 0 Å². The van der Waals surface area contributed by atoms with Crippen molar-refractivity contribution in [3.63, 3.8) is 0 Å². The summed E-state index contributed by atoms with van der Waals surface area (Å²) in [6, 6.07) is -0.0571. The van der Waals surface area contributed by atoms with Crippen molar-refractivity contribution in [1.82, 2.24) is 10.0 Å². The first kappa shape index (κ1) is 14.4. The van der Waals surface area contributed by atoms with Gasteiger partial charge in [-0.25, -0.2) is 13.1 Å². The zero-order valence-corrected chi connectivity index (χ0v) is 10.4. The quantitative estimate of drug-likeness (QED) is 0.491. The van der Waals surface area contributed by atoms with Crippen molar-refractivity contribution in [2.75, 3.05) is 12.3 Å². The van der Waals surface area contributed by atoms with E-state index in [1.54, 1.807) is 6.92 Å². The fourth-order valence-electron chi connectivity index (χ4n) is 1.02. The Hall–Kier alpha value is -0.570. The molecule has 0 fully saturated rings. The van der Waals surface area contributed by atoms with Crippen molar-refractivity contribution in [2.45, 2.75) is 39.3 Å². The molecule has 5 heteroatoms. The molecule has 0 aliphatic heterocycles. The summed E-state index contributed by atoms with van der Waals surface area (Å²) in [7, 11) is -3.22. The van der Waals surface area contributed by atoms with E-state index < -0.39 is 16.1 Å². The van der Waals surface area contributed by atoms with Crippen LogP contribution in [-0.4, -0.2) is 32.8 Å². The molecule has 0 rings (SSSR count). The summed E-state index contributed by atoms with van der Waals surface area (Å²) in [5.41, 5.74) is 0. The van der Waals surface area contributed by atoms with Gasteiger partial charge in [0.05, 0.1) is 11.8 Å². The van der Waals surface area contributed by atoms with Crippen LogP contribution in [0.15, 0.2) is 0 Å². The monoisotopic (exact) mass is 232 g/mol. The number of rotatable bonds is 7. The molecule has 0 amide bonds. The highest BCUT2D eigenvalue weighted by Crippen LogP contribution is 1.92. The van der Waals surface area contributed by atoms with Crippen molar-refractivity contribution >= 4 is 10.0 Å². The molecule has 4 nitrogen and oxygen atoms in total. The smallest absolute Gasteiger partial charge is 0.212 e. The fourth-order valence-corrected chi connectivity index (χ4v) is 2.26. The molecule has 0 radical (unpaired) electrons. The lowest BCUT2D eigenvalue weighted by Gasteiger charge is -2.10. The molecule has 2 N–H and O–H groups in total. The molecule has 0 heterocycles. The second kappa shape index (κ2) is 6.83. The highest BCUT2D eigenvalue weighted by atomic mass is 32.2. The third-order valence-electron chi connectivity index (χ3n) is 1.75. The van der Waals surface area contributed by atoms with Crippen LogP contribution >= 0.6 is 0 Å². The Morgan fingerprint density at radius 3 is 2.40 bits per heavy atom. The summed E-state index contributed by atoms with van der Waals surface area (Å²) < 4.78 is 25.2. The maximum atomic E-state index is 11.4. The summed E-state index contributed by atoms with van der Waals surface area (Å²) in [5.74, 6) is 2.43. The molecule has 15 heavy (non-hydrogen) atoms. The lowest BCUT2D eigenvalue weighted by Crippen LogP contribution is -2.34. The first-order valence-corrected chi connectivity index (χ1v) is 6.72. The minimum atomic E-state index is -3.22. The maximum Gasteiger partial charge on any atom is 0.212 e. The first-order chi connectivity index (χ1) is 6.87. The molecule has 0 aromatic rings.